The zero-order valence-electron chi connectivity index (χ0n) is 15.0. The van der Waals surface area contributed by atoms with E-state index in [0.29, 0.717) is 30.0 Å². The van der Waals surface area contributed by atoms with Gasteiger partial charge in [0.05, 0.1) is 18.7 Å². The maximum Gasteiger partial charge on any atom is 0.224 e. The molecule has 1 amide bonds. The molecule has 28 heavy (non-hydrogen) atoms. The monoisotopic (exact) mass is 380 g/mol. The van der Waals surface area contributed by atoms with Crippen LogP contribution in [0.25, 0.3) is 11.3 Å². The van der Waals surface area contributed by atoms with Crippen molar-refractivity contribution in [2.24, 2.45) is 0 Å². The molecular weight excluding hydrogens is 362 g/mol. The molecule has 1 aliphatic rings. The largest absolute Gasteiger partial charge is 0.487 e. The maximum atomic E-state index is 14.0. The van der Waals surface area contributed by atoms with E-state index in [1.165, 1.54) is 24.3 Å². The third-order valence-electron chi connectivity index (χ3n) is 4.61. The summed E-state index contributed by atoms with van der Waals surface area (Å²) in [6, 6.07) is 14.1. The van der Waals surface area contributed by atoms with Gasteiger partial charge in [0, 0.05) is 23.7 Å². The lowest BCUT2D eigenvalue weighted by molar-refractivity contribution is -0.120. The van der Waals surface area contributed by atoms with E-state index in [4.69, 9.17) is 4.74 Å². The molecule has 4 rings (SSSR count). The van der Waals surface area contributed by atoms with Crippen LogP contribution in [0.1, 0.15) is 11.1 Å². The number of carbonyl (C=O) groups excluding carboxylic acids is 1. The van der Waals surface area contributed by atoms with Crippen LogP contribution in [0.5, 0.6) is 5.75 Å². The lowest BCUT2D eigenvalue weighted by Crippen LogP contribution is -2.35. The molecule has 0 radical (unpaired) electrons. The van der Waals surface area contributed by atoms with E-state index in [-0.39, 0.29) is 30.1 Å². The van der Waals surface area contributed by atoms with Crippen LogP contribution in [-0.2, 0) is 17.6 Å². The SMILES string of the molecule is O=C(Cc1ccc(F)cc1)NC[C@H]1Cc2cc(F)cc(-c3ccccn3)c2O1. The number of carbonyl (C=O) groups is 1. The summed E-state index contributed by atoms with van der Waals surface area (Å²) in [4.78, 5) is 16.4. The number of ether oxygens (including phenoxy) is 1. The van der Waals surface area contributed by atoms with Gasteiger partial charge in [0.1, 0.15) is 23.5 Å². The van der Waals surface area contributed by atoms with E-state index in [0.717, 1.165) is 11.1 Å². The Kier molecular flexibility index (Phi) is 5.02. The van der Waals surface area contributed by atoms with Gasteiger partial charge < -0.3 is 10.1 Å². The zero-order valence-corrected chi connectivity index (χ0v) is 15.0. The van der Waals surface area contributed by atoms with Gasteiger partial charge in [-0.1, -0.05) is 18.2 Å². The van der Waals surface area contributed by atoms with Crippen molar-refractivity contribution in [2.45, 2.75) is 18.9 Å². The van der Waals surface area contributed by atoms with Gasteiger partial charge in [0.15, 0.2) is 0 Å². The molecule has 0 unspecified atom stereocenters. The fraction of sp³-hybridized carbons (Fsp3) is 0.182. The minimum atomic E-state index is -0.344. The van der Waals surface area contributed by atoms with Crippen molar-refractivity contribution < 1.29 is 18.3 Å². The number of aromatic nitrogens is 1. The highest BCUT2D eigenvalue weighted by Gasteiger charge is 2.27. The number of nitrogens with zero attached hydrogens (tertiary/aromatic N) is 1. The Morgan fingerprint density at radius 1 is 1.11 bits per heavy atom. The summed E-state index contributed by atoms with van der Waals surface area (Å²) in [5, 5.41) is 2.83. The van der Waals surface area contributed by atoms with Gasteiger partial charge in [-0.05, 0) is 42.0 Å². The van der Waals surface area contributed by atoms with Crippen LogP contribution in [0.2, 0.25) is 0 Å². The zero-order chi connectivity index (χ0) is 19.5. The lowest BCUT2D eigenvalue weighted by Gasteiger charge is -2.13. The first-order chi connectivity index (χ1) is 13.6. The first-order valence-electron chi connectivity index (χ1n) is 9.00. The second kappa shape index (κ2) is 7.76. The van der Waals surface area contributed by atoms with E-state index in [1.54, 1.807) is 30.5 Å². The minimum Gasteiger partial charge on any atom is -0.487 e. The van der Waals surface area contributed by atoms with Crippen LogP contribution in [0.3, 0.4) is 0 Å². The summed E-state index contributed by atoms with van der Waals surface area (Å²) >= 11 is 0. The summed E-state index contributed by atoms with van der Waals surface area (Å²) in [5.41, 5.74) is 2.74. The quantitative estimate of drug-likeness (QED) is 0.735. The van der Waals surface area contributed by atoms with Crippen LogP contribution in [0.15, 0.2) is 60.8 Å². The normalized spacial score (nSPS) is 15.0. The van der Waals surface area contributed by atoms with Gasteiger partial charge in [0.25, 0.3) is 0 Å². The van der Waals surface area contributed by atoms with Crippen molar-refractivity contribution >= 4 is 5.91 Å². The molecule has 4 nitrogen and oxygen atoms in total. The van der Waals surface area contributed by atoms with Gasteiger partial charge in [-0.3, -0.25) is 9.78 Å². The number of rotatable bonds is 5. The van der Waals surface area contributed by atoms with Crippen LogP contribution in [-0.4, -0.2) is 23.5 Å². The molecule has 0 aliphatic carbocycles. The first kappa shape index (κ1) is 18.1. The molecule has 1 N–H and O–H groups in total. The number of benzene rings is 2. The molecule has 2 heterocycles. The molecule has 0 spiro atoms. The standard InChI is InChI=1S/C22H18F2N2O2/c23-16-6-4-14(5-7-16)9-21(27)26-13-18-11-15-10-17(24)12-19(22(15)28-18)20-3-1-2-8-25-20/h1-8,10,12,18H,9,11,13H2,(H,26,27)/t18-/m1/s1. The Hall–Kier alpha value is -3.28. The summed E-state index contributed by atoms with van der Waals surface area (Å²) in [5.74, 6) is -0.249. The average molecular weight is 380 g/mol. The maximum absolute atomic E-state index is 14.0. The highest BCUT2D eigenvalue weighted by Crippen LogP contribution is 2.38. The van der Waals surface area contributed by atoms with E-state index >= 15 is 0 Å². The lowest BCUT2D eigenvalue weighted by atomic mass is 10.0. The molecule has 1 aliphatic heterocycles. The summed E-state index contributed by atoms with van der Waals surface area (Å²) in [6.07, 6.45) is 2.03. The number of hydrogen-bond acceptors (Lipinski definition) is 3. The van der Waals surface area contributed by atoms with Crippen molar-refractivity contribution in [3.63, 3.8) is 0 Å². The Balaban J connectivity index is 1.41. The second-order valence-corrected chi connectivity index (χ2v) is 6.71. The molecular formula is C22H18F2N2O2. The summed E-state index contributed by atoms with van der Waals surface area (Å²) in [6.45, 7) is 0.304. The van der Waals surface area contributed by atoms with E-state index in [1.807, 2.05) is 6.07 Å². The van der Waals surface area contributed by atoms with Gasteiger partial charge >= 0.3 is 0 Å². The Morgan fingerprint density at radius 3 is 2.68 bits per heavy atom. The van der Waals surface area contributed by atoms with Crippen LogP contribution in [0.4, 0.5) is 8.78 Å². The van der Waals surface area contributed by atoms with Gasteiger partial charge in [0.2, 0.25) is 5.91 Å². The second-order valence-electron chi connectivity index (χ2n) is 6.71. The van der Waals surface area contributed by atoms with Crippen LogP contribution in [0, 0.1) is 11.6 Å². The van der Waals surface area contributed by atoms with E-state index in [2.05, 4.69) is 10.3 Å². The molecule has 0 bridgehead atoms. The van der Waals surface area contributed by atoms with Gasteiger partial charge in [-0.25, -0.2) is 8.78 Å². The van der Waals surface area contributed by atoms with Crippen molar-refractivity contribution in [3.05, 3.63) is 83.6 Å². The number of fused-ring (bicyclic) bond motifs is 1. The molecule has 1 atom stereocenters. The third-order valence-corrected chi connectivity index (χ3v) is 4.61. The Bertz CT molecular complexity index is 991. The number of amides is 1. The Morgan fingerprint density at radius 2 is 1.93 bits per heavy atom. The average Bonchev–Trinajstić information content (AvgIpc) is 3.11. The topological polar surface area (TPSA) is 51.2 Å². The first-order valence-corrected chi connectivity index (χ1v) is 9.00. The molecule has 6 heteroatoms. The molecule has 3 aromatic rings. The fourth-order valence-electron chi connectivity index (χ4n) is 3.30. The fourth-order valence-corrected chi connectivity index (χ4v) is 3.30. The minimum absolute atomic E-state index is 0.160. The number of nitrogens with one attached hydrogen (secondary N) is 1. The van der Waals surface area contributed by atoms with Crippen molar-refractivity contribution in [1.29, 1.82) is 0 Å². The van der Waals surface area contributed by atoms with Crippen molar-refractivity contribution in [2.75, 3.05) is 6.54 Å². The smallest absolute Gasteiger partial charge is 0.224 e. The predicted molar refractivity (Wildman–Crippen MR) is 101 cm³/mol. The van der Waals surface area contributed by atoms with Gasteiger partial charge in [-0.15, -0.1) is 0 Å². The number of hydrogen-bond donors (Lipinski definition) is 1. The third kappa shape index (κ3) is 4.01. The molecule has 0 saturated carbocycles. The van der Waals surface area contributed by atoms with Gasteiger partial charge in [-0.2, -0.15) is 0 Å². The van der Waals surface area contributed by atoms with Crippen LogP contribution < -0.4 is 10.1 Å². The number of pyridine rings is 1. The van der Waals surface area contributed by atoms with Crippen LogP contribution >= 0.6 is 0 Å². The summed E-state index contributed by atoms with van der Waals surface area (Å²) in [7, 11) is 0. The molecule has 0 saturated heterocycles. The van der Waals surface area contributed by atoms with E-state index < -0.39 is 0 Å². The highest BCUT2D eigenvalue weighted by atomic mass is 19.1. The number of halogens is 2. The van der Waals surface area contributed by atoms with Crippen molar-refractivity contribution in [3.8, 4) is 17.0 Å². The molecule has 0 fully saturated rings. The van der Waals surface area contributed by atoms with E-state index in [9.17, 15) is 13.6 Å². The highest BCUT2D eigenvalue weighted by molar-refractivity contribution is 5.78. The molecule has 2 aromatic carbocycles. The molecule has 142 valence electrons. The molecule has 1 aromatic heterocycles. The predicted octanol–water partition coefficient (Wildman–Crippen LogP) is 3.69. The Labute approximate surface area is 161 Å². The van der Waals surface area contributed by atoms with Crippen molar-refractivity contribution in [1.82, 2.24) is 10.3 Å². The summed E-state index contributed by atoms with van der Waals surface area (Å²) < 4.78 is 33.0.